The minimum atomic E-state index is -0.339. The van der Waals surface area contributed by atoms with Crippen LogP contribution in [0, 0.1) is 6.92 Å². The van der Waals surface area contributed by atoms with Gasteiger partial charge in [0.2, 0.25) is 0 Å². The molecule has 10 nitrogen and oxygen atoms in total. The molecule has 45 heavy (non-hydrogen) atoms. The van der Waals surface area contributed by atoms with Crippen molar-refractivity contribution in [3.8, 4) is 11.3 Å². The highest BCUT2D eigenvalue weighted by molar-refractivity contribution is 6.05. The average Bonchev–Trinajstić information content (AvgIpc) is 3.00. The SMILES string of the molecule is CCN(CCOC)C(=O)c1ccc(Nc2nc(-c3ccc(C)c(NC(=O)c4ccc(C(C)(C)C)cc4)c3)cn(C)c2=O)cc1N. The molecule has 0 radical (unpaired) electrons. The van der Waals surface area contributed by atoms with Gasteiger partial charge in [-0.1, -0.05) is 45.0 Å². The minimum absolute atomic E-state index is 0.00773. The molecule has 3 aromatic carbocycles. The zero-order chi connectivity index (χ0) is 32.9. The van der Waals surface area contributed by atoms with Crippen LogP contribution in [-0.4, -0.2) is 53.1 Å². The highest BCUT2D eigenvalue weighted by Gasteiger charge is 2.18. The highest BCUT2D eigenvalue weighted by Crippen LogP contribution is 2.27. The predicted molar refractivity (Wildman–Crippen MR) is 180 cm³/mol. The molecule has 4 N–H and O–H groups in total. The van der Waals surface area contributed by atoms with Gasteiger partial charge < -0.3 is 30.6 Å². The zero-order valence-electron chi connectivity index (χ0n) is 27.0. The number of nitrogens with zero attached hydrogens (tertiary/aromatic N) is 3. The van der Waals surface area contributed by atoms with Crippen molar-refractivity contribution in [2.45, 2.75) is 40.0 Å². The van der Waals surface area contributed by atoms with Gasteiger partial charge in [-0.2, -0.15) is 0 Å². The molecular weight excluding hydrogens is 568 g/mol. The fourth-order valence-corrected chi connectivity index (χ4v) is 4.81. The van der Waals surface area contributed by atoms with Crippen molar-refractivity contribution < 1.29 is 14.3 Å². The summed E-state index contributed by atoms with van der Waals surface area (Å²) in [5, 5.41) is 6.08. The molecule has 0 unspecified atom stereocenters. The number of benzene rings is 3. The maximum absolute atomic E-state index is 13.1. The van der Waals surface area contributed by atoms with Crippen LogP contribution in [0.4, 0.5) is 22.9 Å². The largest absolute Gasteiger partial charge is 0.398 e. The van der Waals surface area contributed by atoms with E-state index in [1.165, 1.54) is 4.57 Å². The van der Waals surface area contributed by atoms with E-state index in [0.717, 1.165) is 11.1 Å². The number of amides is 2. The average molecular weight is 611 g/mol. The fourth-order valence-electron chi connectivity index (χ4n) is 4.81. The van der Waals surface area contributed by atoms with E-state index in [1.54, 1.807) is 43.5 Å². The van der Waals surface area contributed by atoms with Crippen LogP contribution in [0.3, 0.4) is 0 Å². The lowest BCUT2D eigenvalue weighted by Crippen LogP contribution is -2.34. The van der Waals surface area contributed by atoms with Crippen LogP contribution < -0.4 is 21.9 Å². The number of rotatable bonds is 10. The van der Waals surface area contributed by atoms with Crippen LogP contribution in [0.1, 0.15) is 59.5 Å². The monoisotopic (exact) mass is 610 g/mol. The number of aryl methyl sites for hydroxylation is 2. The Bertz CT molecular complexity index is 1760. The van der Waals surface area contributed by atoms with Crippen molar-refractivity contribution in [2.24, 2.45) is 7.05 Å². The number of hydrogen-bond acceptors (Lipinski definition) is 7. The summed E-state index contributed by atoms with van der Waals surface area (Å²) in [4.78, 5) is 45.4. The smallest absolute Gasteiger partial charge is 0.293 e. The second-order valence-electron chi connectivity index (χ2n) is 12.0. The van der Waals surface area contributed by atoms with E-state index in [4.69, 9.17) is 10.5 Å². The third-order valence-electron chi connectivity index (χ3n) is 7.64. The van der Waals surface area contributed by atoms with E-state index in [0.29, 0.717) is 53.5 Å². The Morgan fingerprint density at radius 3 is 2.38 bits per heavy atom. The molecule has 4 aromatic rings. The first-order chi connectivity index (χ1) is 21.3. The molecule has 0 fully saturated rings. The second kappa shape index (κ2) is 13.8. The van der Waals surface area contributed by atoms with E-state index < -0.39 is 0 Å². The summed E-state index contributed by atoms with van der Waals surface area (Å²) in [5.74, 6) is -0.320. The first-order valence-corrected chi connectivity index (χ1v) is 14.9. The van der Waals surface area contributed by atoms with Gasteiger partial charge in [-0.3, -0.25) is 14.4 Å². The Morgan fingerprint density at radius 1 is 1.04 bits per heavy atom. The number of nitrogen functional groups attached to an aromatic ring is 1. The quantitative estimate of drug-likeness (QED) is 0.195. The van der Waals surface area contributed by atoms with E-state index in [2.05, 4.69) is 36.4 Å². The van der Waals surface area contributed by atoms with Gasteiger partial charge in [-0.25, -0.2) is 4.98 Å². The van der Waals surface area contributed by atoms with Gasteiger partial charge in [0.25, 0.3) is 17.4 Å². The molecule has 0 aliphatic heterocycles. The molecular formula is C35H42N6O4. The summed E-state index contributed by atoms with van der Waals surface area (Å²) in [5.41, 5.74) is 11.6. The lowest BCUT2D eigenvalue weighted by Gasteiger charge is -2.21. The van der Waals surface area contributed by atoms with Gasteiger partial charge >= 0.3 is 0 Å². The maximum atomic E-state index is 13.1. The van der Waals surface area contributed by atoms with Crippen molar-refractivity contribution in [3.05, 3.63) is 99.5 Å². The number of anilines is 4. The van der Waals surface area contributed by atoms with Crippen molar-refractivity contribution in [1.29, 1.82) is 0 Å². The summed E-state index contributed by atoms with van der Waals surface area (Å²) >= 11 is 0. The summed E-state index contributed by atoms with van der Waals surface area (Å²) in [6.07, 6.45) is 1.64. The topological polar surface area (TPSA) is 132 Å². The number of methoxy groups -OCH3 is 1. The van der Waals surface area contributed by atoms with Crippen LogP contribution in [0.25, 0.3) is 11.3 Å². The standard InChI is InChI=1S/C35H42N6O4/c1-8-41(17-18-45-7)33(43)27-16-15-26(20-28(27)36)37-31-34(44)40(6)21-30(38-31)24-10-9-22(2)29(19-24)39-32(42)23-11-13-25(14-12-23)35(3,4)5/h9-16,19-21H,8,17-18,36H2,1-7H3,(H,37,38)(H,39,42). The number of nitrogens with two attached hydrogens (primary N) is 1. The first-order valence-electron chi connectivity index (χ1n) is 14.9. The van der Waals surface area contributed by atoms with Crippen LogP contribution in [0.15, 0.2) is 71.7 Å². The normalized spacial score (nSPS) is 11.3. The molecule has 236 valence electrons. The van der Waals surface area contributed by atoms with E-state index in [9.17, 15) is 14.4 Å². The van der Waals surface area contributed by atoms with Crippen molar-refractivity contribution in [2.75, 3.05) is 43.2 Å². The Morgan fingerprint density at radius 2 is 1.76 bits per heavy atom. The number of likely N-dealkylation sites (N-methyl/N-ethyl adjacent to an activating group) is 1. The molecule has 0 spiro atoms. The third-order valence-corrected chi connectivity index (χ3v) is 7.64. The Labute approximate surface area is 264 Å². The summed E-state index contributed by atoms with van der Waals surface area (Å²) < 4.78 is 6.55. The number of hydrogen-bond donors (Lipinski definition) is 3. The molecule has 0 saturated carbocycles. The van der Waals surface area contributed by atoms with Crippen molar-refractivity contribution in [3.63, 3.8) is 0 Å². The maximum Gasteiger partial charge on any atom is 0.293 e. The third kappa shape index (κ3) is 7.77. The highest BCUT2D eigenvalue weighted by atomic mass is 16.5. The van der Waals surface area contributed by atoms with Gasteiger partial charge in [0, 0.05) is 61.6 Å². The summed E-state index contributed by atoms with van der Waals surface area (Å²) in [6.45, 7) is 11.6. The van der Waals surface area contributed by atoms with E-state index in [1.807, 2.05) is 56.3 Å². The second-order valence-corrected chi connectivity index (χ2v) is 12.0. The number of carbonyl (C=O) groups excluding carboxylic acids is 2. The number of aromatic nitrogens is 2. The summed E-state index contributed by atoms with van der Waals surface area (Å²) in [7, 11) is 3.23. The molecule has 2 amide bonds. The van der Waals surface area contributed by atoms with Crippen molar-refractivity contribution in [1.82, 2.24) is 14.5 Å². The molecule has 0 aliphatic carbocycles. The molecule has 0 saturated heterocycles. The van der Waals surface area contributed by atoms with E-state index in [-0.39, 0.29) is 34.3 Å². The van der Waals surface area contributed by atoms with Gasteiger partial charge in [0.15, 0.2) is 5.82 Å². The number of carbonyl (C=O) groups is 2. The predicted octanol–water partition coefficient (Wildman–Crippen LogP) is 5.74. The molecule has 10 heteroatoms. The minimum Gasteiger partial charge on any atom is -0.398 e. The first kappa shape index (κ1) is 32.9. The van der Waals surface area contributed by atoms with Crippen molar-refractivity contribution >= 4 is 34.7 Å². The van der Waals surface area contributed by atoms with Gasteiger partial charge in [-0.05, 0) is 66.8 Å². The zero-order valence-corrected chi connectivity index (χ0v) is 27.0. The van der Waals surface area contributed by atoms with Crippen LogP contribution in [0.2, 0.25) is 0 Å². The Balaban J connectivity index is 1.57. The molecule has 0 bridgehead atoms. The molecule has 0 aliphatic rings. The molecule has 1 aromatic heterocycles. The molecule has 0 atom stereocenters. The molecule has 1 heterocycles. The van der Waals surface area contributed by atoms with Gasteiger partial charge in [0.1, 0.15) is 0 Å². The van der Waals surface area contributed by atoms with Gasteiger partial charge in [-0.15, -0.1) is 0 Å². The van der Waals surface area contributed by atoms with Crippen LogP contribution in [-0.2, 0) is 17.2 Å². The molecule has 4 rings (SSSR count). The summed E-state index contributed by atoms with van der Waals surface area (Å²) in [6, 6.07) is 18.2. The fraction of sp³-hybridized carbons (Fsp3) is 0.314. The Kier molecular flexibility index (Phi) is 10.1. The van der Waals surface area contributed by atoms with E-state index >= 15 is 0 Å². The lowest BCUT2D eigenvalue weighted by molar-refractivity contribution is 0.0707. The number of ether oxygens (including phenoxy) is 1. The van der Waals surface area contributed by atoms with Crippen LogP contribution >= 0.6 is 0 Å². The van der Waals surface area contributed by atoms with Gasteiger partial charge in [0.05, 0.1) is 17.9 Å². The lowest BCUT2D eigenvalue weighted by atomic mass is 9.86. The Hall–Kier alpha value is -4.96. The number of nitrogens with one attached hydrogen (secondary N) is 2. The van der Waals surface area contributed by atoms with Crippen LogP contribution in [0.5, 0.6) is 0 Å².